The van der Waals surface area contributed by atoms with Gasteiger partial charge in [-0.3, -0.25) is 4.79 Å². The van der Waals surface area contributed by atoms with Crippen LogP contribution in [0.4, 0.5) is 10.1 Å². The molecule has 0 aliphatic heterocycles. The maximum atomic E-state index is 13.5. The molecule has 0 unspecified atom stereocenters. The molecular formula is C13H13FN2O3S2. The monoisotopic (exact) mass is 328 g/mol. The van der Waals surface area contributed by atoms with Crippen LogP contribution in [0.5, 0.6) is 0 Å². The maximum absolute atomic E-state index is 13.5. The Hall–Kier alpha value is -1.77. The molecule has 0 atom stereocenters. The minimum atomic E-state index is -3.58. The summed E-state index contributed by atoms with van der Waals surface area (Å²) in [6.07, 6.45) is 0. The number of carbonyl (C=O) groups excluding carboxylic acids is 1. The first-order valence-corrected chi connectivity index (χ1v) is 8.21. The van der Waals surface area contributed by atoms with E-state index in [-0.39, 0.29) is 15.5 Å². The highest BCUT2D eigenvalue weighted by Crippen LogP contribution is 2.23. The molecule has 8 heteroatoms. The Bertz CT molecular complexity index is 769. The Morgan fingerprint density at radius 3 is 2.57 bits per heavy atom. The molecule has 2 rings (SSSR count). The quantitative estimate of drug-likeness (QED) is 0.937. The van der Waals surface area contributed by atoms with Crippen molar-refractivity contribution in [3.8, 4) is 0 Å². The van der Waals surface area contributed by atoms with Crippen LogP contribution in [0.3, 0.4) is 0 Å². The zero-order valence-electron chi connectivity index (χ0n) is 11.3. The minimum absolute atomic E-state index is 0.0381. The second-order valence-corrected chi connectivity index (χ2v) is 7.43. The summed E-state index contributed by atoms with van der Waals surface area (Å²) in [7, 11) is -0.763. The molecule has 0 spiro atoms. The van der Waals surface area contributed by atoms with E-state index in [1.54, 1.807) is 6.07 Å². The van der Waals surface area contributed by atoms with Crippen LogP contribution >= 0.6 is 11.3 Å². The third-order valence-corrected chi connectivity index (χ3v) is 5.57. The van der Waals surface area contributed by atoms with E-state index < -0.39 is 21.7 Å². The van der Waals surface area contributed by atoms with Gasteiger partial charge in [-0.15, -0.1) is 11.3 Å². The molecule has 0 saturated heterocycles. The number of amides is 1. The predicted octanol–water partition coefficient (Wildman–Crippen LogP) is 2.39. The first-order chi connectivity index (χ1) is 9.82. The number of sulfonamides is 1. The van der Waals surface area contributed by atoms with Crippen LogP contribution in [0.25, 0.3) is 0 Å². The predicted molar refractivity (Wildman–Crippen MR) is 79.5 cm³/mol. The molecule has 0 saturated carbocycles. The summed E-state index contributed by atoms with van der Waals surface area (Å²) in [6.45, 7) is 0. The number of halogens is 1. The van der Waals surface area contributed by atoms with Gasteiger partial charge in [-0.05, 0) is 18.2 Å². The van der Waals surface area contributed by atoms with E-state index >= 15 is 0 Å². The van der Waals surface area contributed by atoms with Gasteiger partial charge in [0.05, 0.1) is 15.5 Å². The molecule has 5 nitrogen and oxygen atoms in total. The molecule has 2 aromatic rings. The van der Waals surface area contributed by atoms with Crippen molar-refractivity contribution in [1.82, 2.24) is 4.31 Å². The number of benzene rings is 1. The molecule has 1 N–H and O–H groups in total. The van der Waals surface area contributed by atoms with Gasteiger partial charge in [-0.25, -0.2) is 17.1 Å². The van der Waals surface area contributed by atoms with Crippen molar-refractivity contribution in [1.29, 1.82) is 0 Å². The number of hydrogen-bond donors (Lipinski definition) is 1. The molecule has 1 aromatic carbocycles. The van der Waals surface area contributed by atoms with E-state index in [0.29, 0.717) is 0 Å². The second kappa shape index (κ2) is 5.92. The van der Waals surface area contributed by atoms with Gasteiger partial charge in [0, 0.05) is 19.5 Å². The van der Waals surface area contributed by atoms with E-state index in [0.717, 1.165) is 15.6 Å². The van der Waals surface area contributed by atoms with Crippen LogP contribution in [0.15, 0.2) is 40.6 Å². The van der Waals surface area contributed by atoms with E-state index in [2.05, 4.69) is 5.32 Å². The molecule has 1 heterocycles. The van der Waals surface area contributed by atoms with Crippen LogP contribution in [0.2, 0.25) is 0 Å². The minimum Gasteiger partial charge on any atom is -0.319 e. The Morgan fingerprint density at radius 1 is 1.29 bits per heavy atom. The second-order valence-electron chi connectivity index (χ2n) is 4.37. The first kappa shape index (κ1) is 15.6. The van der Waals surface area contributed by atoms with Gasteiger partial charge in [0.15, 0.2) is 0 Å². The smallest absolute Gasteiger partial charge is 0.265 e. The average molecular weight is 328 g/mol. The van der Waals surface area contributed by atoms with Crippen molar-refractivity contribution in [2.45, 2.75) is 4.90 Å². The Morgan fingerprint density at radius 2 is 1.95 bits per heavy atom. The maximum Gasteiger partial charge on any atom is 0.265 e. The summed E-state index contributed by atoms with van der Waals surface area (Å²) in [5.74, 6) is -1.10. The molecule has 1 amide bonds. The normalized spacial score (nSPS) is 11.6. The van der Waals surface area contributed by atoms with Crippen LogP contribution < -0.4 is 5.32 Å². The lowest BCUT2D eigenvalue weighted by Crippen LogP contribution is -2.21. The SMILES string of the molecule is CN(C)S(=O)(=O)c1csc(C(=O)Nc2ccccc2F)c1. The molecule has 0 bridgehead atoms. The van der Waals surface area contributed by atoms with Gasteiger partial charge in [-0.2, -0.15) is 0 Å². The summed E-state index contributed by atoms with van der Waals surface area (Å²) in [5, 5.41) is 3.79. The van der Waals surface area contributed by atoms with Gasteiger partial charge in [-0.1, -0.05) is 12.1 Å². The van der Waals surface area contributed by atoms with Gasteiger partial charge in [0.2, 0.25) is 10.0 Å². The zero-order valence-corrected chi connectivity index (χ0v) is 13.0. The number of thiophene rings is 1. The number of nitrogens with zero attached hydrogens (tertiary/aromatic N) is 1. The van der Waals surface area contributed by atoms with E-state index in [1.165, 1.54) is 43.7 Å². The van der Waals surface area contributed by atoms with Gasteiger partial charge in [0.1, 0.15) is 5.82 Å². The number of carbonyl (C=O) groups is 1. The molecule has 21 heavy (non-hydrogen) atoms. The fraction of sp³-hybridized carbons (Fsp3) is 0.154. The van der Waals surface area contributed by atoms with E-state index in [4.69, 9.17) is 0 Å². The Labute approximate surface area is 126 Å². The Balaban J connectivity index is 2.23. The highest BCUT2D eigenvalue weighted by atomic mass is 32.2. The number of anilines is 1. The van der Waals surface area contributed by atoms with Crippen LogP contribution in [0, 0.1) is 5.82 Å². The fourth-order valence-electron chi connectivity index (χ4n) is 1.53. The summed E-state index contributed by atoms with van der Waals surface area (Å²) >= 11 is 0.987. The standard InChI is InChI=1S/C13H13FN2O3S2/c1-16(2)21(18,19)9-7-12(20-8-9)13(17)15-11-6-4-3-5-10(11)14/h3-8H,1-2H3,(H,15,17). The number of nitrogens with one attached hydrogen (secondary N) is 1. The van der Waals surface area contributed by atoms with E-state index in [9.17, 15) is 17.6 Å². The lowest BCUT2D eigenvalue weighted by molar-refractivity contribution is 0.103. The lowest BCUT2D eigenvalue weighted by Gasteiger charge is -2.08. The van der Waals surface area contributed by atoms with Crippen LogP contribution in [0.1, 0.15) is 9.67 Å². The van der Waals surface area contributed by atoms with Gasteiger partial charge < -0.3 is 5.32 Å². The number of para-hydroxylation sites is 1. The molecule has 0 radical (unpaired) electrons. The molecule has 0 aliphatic carbocycles. The highest BCUT2D eigenvalue weighted by Gasteiger charge is 2.21. The molecule has 0 fully saturated rings. The third kappa shape index (κ3) is 3.29. The fourth-order valence-corrected chi connectivity index (χ4v) is 3.59. The van der Waals surface area contributed by atoms with E-state index in [1.807, 2.05) is 0 Å². The highest BCUT2D eigenvalue weighted by molar-refractivity contribution is 7.89. The van der Waals surface area contributed by atoms with Crippen molar-refractivity contribution in [2.75, 3.05) is 19.4 Å². The summed E-state index contributed by atoms with van der Waals surface area (Å²) in [4.78, 5) is 12.2. The van der Waals surface area contributed by atoms with Crippen LogP contribution in [-0.4, -0.2) is 32.7 Å². The molecule has 112 valence electrons. The van der Waals surface area contributed by atoms with Crippen molar-refractivity contribution >= 4 is 33.0 Å². The van der Waals surface area contributed by atoms with Gasteiger partial charge >= 0.3 is 0 Å². The molecule has 1 aromatic heterocycles. The molecular weight excluding hydrogens is 315 g/mol. The van der Waals surface area contributed by atoms with Crippen molar-refractivity contribution in [3.05, 3.63) is 46.4 Å². The Kier molecular flexibility index (Phi) is 4.40. The van der Waals surface area contributed by atoms with Crippen molar-refractivity contribution in [3.63, 3.8) is 0 Å². The van der Waals surface area contributed by atoms with Crippen LogP contribution in [-0.2, 0) is 10.0 Å². The largest absolute Gasteiger partial charge is 0.319 e. The first-order valence-electron chi connectivity index (χ1n) is 5.89. The zero-order chi connectivity index (χ0) is 15.6. The van der Waals surface area contributed by atoms with Crippen molar-refractivity contribution < 1.29 is 17.6 Å². The third-order valence-electron chi connectivity index (χ3n) is 2.70. The molecule has 0 aliphatic rings. The summed E-state index contributed by atoms with van der Waals surface area (Å²) in [6, 6.07) is 7.04. The average Bonchev–Trinajstić information content (AvgIpc) is 2.91. The lowest BCUT2D eigenvalue weighted by atomic mass is 10.3. The van der Waals surface area contributed by atoms with Gasteiger partial charge in [0.25, 0.3) is 5.91 Å². The summed E-state index contributed by atoms with van der Waals surface area (Å²) in [5.41, 5.74) is 0.0490. The number of rotatable bonds is 4. The summed E-state index contributed by atoms with van der Waals surface area (Å²) < 4.78 is 38.4. The topological polar surface area (TPSA) is 66.5 Å². The number of hydrogen-bond acceptors (Lipinski definition) is 4. The van der Waals surface area contributed by atoms with Crippen molar-refractivity contribution in [2.24, 2.45) is 0 Å².